The Morgan fingerprint density at radius 1 is 1.27 bits per heavy atom. The normalized spacial score (nSPS) is 14.3. The van der Waals surface area contributed by atoms with E-state index < -0.39 is 0 Å². The van der Waals surface area contributed by atoms with E-state index in [1.54, 1.807) is 17.7 Å². The highest BCUT2D eigenvalue weighted by molar-refractivity contribution is 7.16. The Hall–Kier alpha value is -3.26. The fraction of sp³-hybridized carbons (Fsp3) is 0.273. The summed E-state index contributed by atoms with van der Waals surface area (Å²) in [6.45, 7) is 3.45. The molecule has 4 heterocycles. The van der Waals surface area contributed by atoms with Gasteiger partial charge in [-0.3, -0.25) is 4.79 Å². The summed E-state index contributed by atoms with van der Waals surface area (Å²) in [5, 5.41) is 4.36. The molecule has 7 nitrogen and oxygen atoms in total. The molecule has 0 unspecified atom stereocenters. The zero-order valence-corrected chi connectivity index (χ0v) is 17.5. The Balaban J connectivity index is 1.40. The summed E-state index contributed by atoms with van der Waals surface area (Å²) in [7, 11) is 0. The average Bonchev–Trinajstić information content (AvgIpc) is 3.41. The van der Waals surface area contributed by atoms with E-state index in [9.17, 15) is 4.79 Å². The van der Waals surface area contributed by atoms with Gasteiger partial charge < -0.3 is 15.2 Å². The quantitative estimate of drug-likeness (QED) is 0.489. The molecule has 1 aliphatic rings. The molecule has 1 amide bonds. The topological polar surface area (TPSA) is 86.8 Å². The maximum Gasteiger partial charge on any atom is 0.222 e. The molecule has 0 saturated heterocycles. The number of anilines is 2. The molecule has 1 aromatic carbocycles. The summed E-state index contributed by atoms with van der Waals surface area (Å²) in [5.41, 5.74) is 6.87. The number of hydrogen-bond donors (Lipinski definition) is 2. The Morgan fingerprint density at radius 3 is 3.03 bits per heavy atom. The number of fused-ring (bicyclic) bond motifs is 2. The van der Waals surface area contributed by atoms with Crippen LogP contribution in [0.3, 0.4) is 0 Å². The van der Waals surface area contributed by atoms with E-state index in [4.69, 9.17) is 0 Å². The lowest BCUT2D eigenvalue weighted by Crippen LogP contribution is -2.34. The molecular weight excluding hydrogens is 396 g/mol. The molecule has 5 rings (SSSR count). The molecule has 0 atom stereocenters. The molecular formula is C22H22N6OS. The van der Waals surface area contributed by atoms with Gasteiger partial charge in [0.2, 0.25) is 5.91 Å². The Labute approximate surface area is 177 Å². The standard InChI is InChI=1S/C22H22N6OS/c1-2-3-20(29)28-8-6-14(7-9-28)18-11-16-21(23-12-24-22(16)27-18)26-15-4-5-17-19(10-15)30-13-25-17/h4-6,10-13H,2-3,7-9H2,1H3,(H2,23,24,26,27). The molecule has 0 saturated carbocycles. The van der Waals surface area contributed by atoms with Crippen molar-refractivity contribution in [3.8, 4) is 0 Å². The van der Waals surface area contributed by atoms with Gasteiger partial charge in [-0.2, -0.15) is 0 Å². The second-order valence-corrected chi connectivity index (χ2v) is 8.28. The molecule has 152 valence electrons. The second kappa shape index (κ2) is 7.87. The number of nitrogens with one attached hydrogen (secondary N) is 2. The van der Waals surface area contributed by atoms with Gasteiger partial charge >= 0.3 is 0 Å². The van der Waals surface area contributed by atoms with Crippen molar-refractivity contribution in [3.05, 3.63) is 47.9 Å². The third kappa shape index (κ3) is 3.54. The first kappa shape index (κ1) is 18.7. The van der Waals surface area contributed by atoms with Crippen LogP contribution in [0.5, 0.6) is 0 Å². The highest BCUT2D eigenvalue weighted by atomic mass is 32.1. The van der Waals surface area contributed by atoms with Gasteiger partial charge in [-0.25, -0.2) is 15.0 Å². The summed E-state index contributed by atoms with van der Waals surface area (Å²) >= 11 is 1.62. The lowest BCUT2D eigenvalue weighted by atomic mass is 10.0. The second-order valence-electron chi connectivity index (χ2n) is 7.40. The van der Waals surface area contributed by atoms with Crippen molar-refractivity contribution >= 4 is 55.6 Å². The van der Waals surface area contributed by atoms with E-state index in [0.717, 1.165) is 57.8 Å². The van der Waals surface area contributed by atoms with Crippen LogP contribution < -0.4 is 5.32 Å². The van der Waals surface area contributed by atoms with Crippen LogP contribution in [0.15, 0.2) is 42.2 Å². The van der Waals surface area contributed by atoms with E-state index >= 15 is 0 Å². The highest BCUT2D eigenvalue weighted by Crippen LogP contribution is 2.30. The summed E-state index contributed by atoms with van der Waals surface area (Å²) < 4.78 is 1.13. The van der Waals surface area contributed by atoms with Gasteiger partial charge in [0.25, 0.3) is 0 Å². The summed E-state index contributed by atoms with van der Waals surface area (Å²) in [6, 6.07) is 8.20. The first-order chi connectivity index (χ1) is 14.7. The number of nitrogens with zero attached hydrogens (tertiary/aromatic N) is 4. The minimum absolute atomic E-state index is 0.236. The number of H-pyrrole nitrogens is 1. The largest absolute Gasteiger partial charge is 0.340 e. The van der Waals surface area contributed by atoms with Crippen molar-refractivity contribution in [2.75, 3.05) is 18.4 Å². The molecule has 0 spiro atoms. The van der Waals surface area contributed by atoms with E-state index in [0.29, 0.717) is 13.0 Å². The third-order valence-corrected chi connectivity index (χ3v) is 6.18. The Bertz CT molecular complexity index is 1260. The lowest BCUT2D eigenvalue weighted by Gasteiger charge is -2.26. The number of benzene rings is 1. The first-order valence-electron chi connectivity index (χ1n) is 10.1. The molecule has 0 bridgehead atoms. The number of aromatic nitrogens is 4. The highest BCUT2D eigenvalue weighted by Gasteiger charge is 2.19. The minimum atomic E-state index is 0.236. The Morgan fingerprint density at radius 2 is 2.20 bits per heavy atom. The van der Waals surface area contributed by atoms with E-state index in [1.165, 1.54) is 5.57 Å². The first-order valence-corrected chi connectivity index (χ1v) is 11.0. The molecule has 0 aliphatic carbocycles. The molecule has 8 heteroatoms. The van der Waals surface area contributed by atoms with Crippen LogP contribution in [0, 0.1) is 0 Å². The summed E-state index contributed by atoms with van der Waals surface area (Å²) in [6.07, 6.45) is 6.04. The third-order valence-electron chi connectivity index (χ3n) is 5.39. The zero-order chi connectivity index (χ0) is 20.5. The van der Waals surface area contributed by atoms with Gasteiger partial charge in [-0.15, -0.1) is 11.3 Å². The number of amides is 1. The van der Waals surface area contributed by atoms with Crippen LogP contribution >= 0.6 is 11.3 Å². The number of hydrogen-bond acceptors (Lipinski definition) is 6. The molecule has 2 N–H and O–H groups in total. The van der Waals surface area contributed by atoms with Gasteiger partial charge in [0, 0.05) is 30.9 Å². The number of aromatic amines is 1. The van der Waals surface area contributed by atoms with Crippen molar-refractivity contribution in [3.63, 3.8) is 0 Å². The predicted molar refractivity (Wildman–Crippen MR) is 121 cm³/mol. The molecule has 30 heavy (non-hydrogen) atoms. The van der Waals surface area contributed by atoms with Crippen LogP contribution in [-0.4, -0.2) is 43.8 Å². The molecule has 0 fully saturated rings. The molecule has 0 radical (unpaired) electrons. The van der Waals surface area contributed by atoms with Gasteiger partial charge in [-0.05, 0) is 42.7 Å². The number of rotatable bonds is 5. The monoisotopic (exact) mass is 418 g/mol. The van der Waals surface area contributed by atoms with Crippen molar-refractivity contribution in [1.29, 1.82) is 0 Å². The van der Waals surface area contributed by atoms with Gasteiger partial charge in [-0.1, -0.05) is 13.0 Å². The SMILES string of the molecule is CCCC(=O)N1CC=C(c2cc3c(Nc4ccc5ncsc5c4)ncnc3[nH]2)CC1. The van der Waals surface area contributed by atoms with Crippen LogP contribution in [0.4, 0.5) is 11.5 Å². The smallest absolute Gasteiger partial charge is 0.222 e. The zero-order valence-electron chi connectivity index (χ0n) is 16.7. The minimum Gasteiger partial charge on any atom is -0.340 e. The van der Waals surface area contributed by atoms with Crippen LogP contribution in [0.1, 0.15) is 31.9 Å². The van der Waals surface area contributed by atoms with Crippen molar-refractivity contribution in [2.45, 2.75) is 26.2 Å². The van der Waals surface area contributed by atoms with Crippen molar-refractivity contribution in [1.82, 2.24) is 24.8 Å². The van der Waals surface area contributed by atoms with E-state index in [-0.39, 0.29) is 5.91 Å². The Kier molecular flexibility index (Phi) is 4.92. The number of carbonyl (C=O) groups is 1. The maximum atomic E-state index is 12.1. The fourth-order valence-corrected chi connectivity index (χ4v) is 4.51. The van der Waals surface area contributed by atoms with Crippen LogP contribution in [-0.2, 0) is 4.79 Å². The maximum absolute atomic E-state index is 12.1. The molecule has 3 aromatic heterocycles. The van der Waals surface area contributed by atoms with Crippen LogP contribution in [0.25, 0.3) is 26.8 Å². The molecule has 4 aromatic rings. The van der Waals surface area contributed by atoms with Gasteiger partial charge in [0.15, 0.2) is 0 Å². The average molecular weight is 419 g/mol. The summed E-state index contributed by atoms with van der Waals surface area (Å²) in [5.74, 6) is 1.00. The fourth-order valence-electron chi connectivity index (χ4n) is 3.79. The molecule has 1 aliphatic heterocycles. The number of carbonyl (C=O) groups excluding carboxylic acids is 1. The van der Waals surface area contributed by atoms with Gasteiger partial charge in [0.1, 0.15) is 17.8 Å². The lowest BCUT2D eigenvalue weighted by molar-refractivity contribution is -0.130. The summed E-state index contributed by atoms with van der Waals surface area (Å²) in [4.78, 5) is 30.7. The number of thiazole rings is 1. The van der Waals surface area contributed by atoms with E-state index in [2.05, 4.69) is 43.5 Å². The van der Waals surface area contributed by atoms with Crippen LogP contribution in [0.2, 0.25) is 0 Å². The van der Waals surface area contributed by atoms with Crippen molar-refractivity contribution < 1.29 is 4.79 Å². The van der Waals surface area contributed by atoms with Gasteiger partial charge in [0.05, 0.1) is 21.1 Å². The van der Waals surface area contributed by atoms with E-state index in [1.807, 2.05) is 29.5 Å². The van der Waals surface area contributed by atoms with Crippen molar-refractivity contribution in [2.24, 2.45) is 0 Å². The predicted octanol–water partition coefficient (Wildman–Crippen LogP) is 4.73.